The SMILES string of the molecule is CC(=O)O[C@@H]1O[C@@H](COS(=O)(=O)c2ccc(C)cc2)[C@H](OC(C)=O)[C@@H](OC(C)=O)[C@@H]1OC(C)=O. The maximum Gasteiger partial charge on any atom is 0.305 e. The second-order valence-electron chi connectivity index (χ2n) is 7.43. The van der Waals surface area contributed by atoms with E-state index >= 15 is 0 Å². The fourth-order valence-electron chi connectivity index (χ4n) is 3.18. The van der Waals surface area contributed by atoms with Gasteiger partial charge in [0, 0.05) is 27.7 Å². The van der Waals surface area contributed by atoms with E-state index in [0.717, 1.165) is 33.3 Å². The molecule has 5 atom stereocenters. The minimum Gasteiger partial charge on any atom is -0.456 e. The molecular weight excluding hydrogens is 476 g/mol. The van der Waals surface area contributed by atoms with Crippen molar-refractivity contribution in [2.45, 2.75) is 70.2 Å². The van der Waals surface area contributed by atoms with Crippen LogP contribution in [0, 0.1) is 6.92 Å². The fourth-order valence-corrected chi connectivity index (χ4v) is 4.10. The summed E-state index contributed by atoms with van der Waals surface area (Å²) in [5, 5.41) is 0. The van der Waals surface area contributed by atoms with Gasteiger partial charge in [0.15, 0.2) is 12.2 Å². The third-order valence-corrected chi connectivity index (χ3v) is 5.77. The Morgan fingerprint density at radius 1 is 0.765 bits per heavy atom. The predicted octanol–water partition coefficient (Wildman–Crippen LogP) is 0.783. The summed E-state index contributed by atoms with van der Waals surface area (Å²) in [7, 11) is -4.26. The first-order valence-electron chi connectivity index (χ1n) is 10.1. The maximum atomic E-state index is 12.6. The monoisotopic (exact) mass is 502 g/mol. The molecule has 0 amide bonds. The van der Waals surface area contributed by atoms with Crippen molar-refractivity contribution in [2.75, 3.05) is 6.61 Å². The van der Waals surface area contributed by atoms with Crippen molar-refractivity contribution < 1.29 is 55.5 Å². The van der Waals surface area contributed by atoms with Crippen LogP contribution in [0.1, 0.15) is 33.3 Å². The normalized spacial score (nSPS) is 24.6. The molecule has 1 aliphatic rings. The van der Waals surface area contributed by atoms with Gasteiger partial charge in [-0.1, -0.05) is 17.7 Å². The van der Waals surface area contributed by atoms with Gasteiger partial charge in [-0.15, -0.1) is 0 Å². The van der Waals surface area contributed by atoms with Crippen LogP contribution >= 0.6 is 0 Å². The Balaban J connectivity index is 2.40. The summed E-state index contributed by atoms with van der Waals surface area (Å²) < 4.78 is 56.6. The van der Waals surface area contributed by atoms with Crippen molar-refractivity contribution in [2.24, 2.45) is 0 Å². The van der Waals surface area contributed by atoms with Crippen molar-refractivity contribution in [3.8, 4) is 0 Å². The molecule has 0 aromatic heterocycles. The van der Waals surface area contributed by atoms with E-state index in [1.165, 1.54) is 12.1 Å². The smallest absolute Gasteiger partial charge is 0.305 e. The molecule has 1 heterocycles. The van der Waals surface area contributed by atoms with Gasteiger partial charge in [0.05, 0.1) is 11.5 Å². The molecule has 13 heteroatoms. The van der Waals surface area contributed by atoms with Gasteiger partial charge in [0.1, 0.15) is 6.10 Å². The molecule has 0 unspecified atom stereocenters. The molecule has 188 valence electrons. The standard InChI is InChI=1S/C21H26O12S/c1-11-6-8-16(9-7-11)34(26,27)28-10-17-18(29-12(2)22)19(30-13(3)23)20(31-14(4)24)21(33-17)32-15(5)25/h6-9,17-21H,10H2,1-5H3/t17-,18-,19+,20-,21+/m0/s1. The van der Waals surface area contributed by atoms with Crippen molar-refractivity contribution in [1.82, 2.24) is 0 Å². The topological polar surface area (TPSA) is 158 Å². The number of hydrogen-bond donors (Lipinski definition) is 0. The molecule has 0 aliphatic carbocycles. The molecule has 0 spiro atoms. The highest BCUT2D eigenvalue weighted by atomic mass is 32.2. The first kappa shape index (κ1) is 27.2. The number of carbonyl (C=O) groups excluding carboxylic acids is 4. The van der Waals surface area contributed by atoms with Gasteiger partial charge in [-0.05, 0) is 19.1 Å². The first-order valence-corrected chi connectivity index (χ1v) is 11.5. The van der Waals surface area contributed by atoms with Gasteiger partial charge < -0.3 is 23.7 Å². The van der Waals surface area contributed by atoms with Crippen LogP contribution in [0.5, 0.6) is 0 Å². The molecule has 1 saturated heterocycles. The predicted molar refractivity (Wildman–Crippen MR) is 111 cm³/mol. The van der Waals surface area contributed by atoms with Crippen LogP contribution in [0.15, 0.2) is 29.2 Å². The summed E-state index contributed by atoms with van der Waals surface area (Å²) in [5.74, 6) is -3.33. The zero-order valence-electron chi connectivity index (χ0n) is 19.2. The third-order valence-electron chi connectivity index (χ3n) is 4.48. The van der Waals surface area contributed by atoms with E-state index in [9.17, 15) is 27.6 Å². The van der Waals surface area contributed by atoms with E-state index in [0.29, 0.717) is 0 Å². The molecule has 1 aromatic carbocycles. The quantitative estimate of drug-likeness (QED) is 0.280. The Morgan fingerprint density at radius 3 is 1.74 bits per heavy atom. The Morgan fingerprint density at radius 2 is 1.24 bits per heavy atom. The first-order chi connectivity index (χ1) is 15.8. The minimum absolute atomic E-state index is 0.135. The molecule has 12 nitrogen and oxygen atoms in total. The summed E-state index contributed by atoms with van der Waals surface area (Å²) in [6.07, 6.45) is -7.50. The highest BCUT2D eigenvalue weighted by molar-refractivity contribution is 7.86. The van der Waals surface area contributed by atoms with Crippen LogP contribution in [0.2, 0.25) is 0 Å². The second kappa shape index (κ2) is 11.4. The lowest BCUT2D eigenvalue weighted by Gasteiger charge is -2.43. The van der Waals surface area contributed by atoms with E-state index in [-0.39, 0.29) is 4.90 Å². The molecule has 1 aromatic rings. The van der Waals surface area contributed by atoms with Crippen LogP contribution < -0.4 is 0 Å². The highest BCUT2D eigenvalue weighted by Crippen LogP contribution is 2.30. The van der Waals surface area contributed by atoms with E-state index in [1.807, 2.05) is 0 Å². The fraction of sp³-hybridized carbons (Fsp3) is 0.524. The Kier molecular flexibility index (Phi) is 9.13. The molecule has 0 radical (unpaired) electrons. The molecule has 0 saturated carbocycles. The van der Waals surface area contributed by atoms with Gasteiger partial charge in [-0.2, -0.15) is 8.42 Å². The Labute approximate surface area is 196 Å². The van der Waals surface area contributed by atoms with E-state index < -0.39 is 71.3 Å². The molecular formula is C21H26O12S. The van der Waals surface area contributed by atoms with Crippen molar-refractivity contribution >= 4 is 34.0 Å². The number of aryl methyl sites for hydroxylation is 1. The number of benzene rings is 1. The second-order valence-corrected chi connectivity index (χ2v) is 9.04. The van der Waals surface area contributed by atoms with Crippen LogP contribution in [0.25, 0.3) is 0 Å². The van der Waals surface area contributed by atoms with E-state index in [2.05, 4.69) is 0 Å². The van der Waals surface area contributed by atoms with Gasteiger partial charge in [0.2, 0.25) is 12.4 Å². The number of rotatable bonds is 8. The largest absolute Gasteiger partial charge is 0.456 e. The number of hydrogen-bond acceptors (Lipinski definition) is 12. The van der Waals surface area contributed by atoms with Crippen LogP contribution in [0.3, 0.4) is 0 Å². The molecule has 34 heavy (non-hydrogen) atoms. The summed E-state index contributed by atoms with van der Waals surface area (Å²) in [5.41, 5.74) is 0.828. The summed E-state index contributed by atoms with van der Waals surface area (Å²) in [6, 6.07) is 5.84. The van der Waals surface area contributed by atoms with Gasteiger partial charge in [-0.3, -0.25) is 23.4 Å². The zero-order chi connectivity index (χ0) is 25.6. The van der Waals surface area contributed by atoms with Gasteiger partial charge in [0.25, 0.3) is 10.1 Å². The lowest BCUT2D eigenvalue weighted by molar-refractivity contribution is -0.298. The van der Waals surface area contributed by atoms with Crippen LogP contribution in [-0.4, -0.2) is 69.6 Å². The minimum atomic E-state index is -4.26. The van der Waals surface area contributed by atoms with Gasteiger partial charge in [-0.25, -0.2) is 0 Å². The number of ether oxygens (including phenoxy) is 5. The Hall–Kier alpha value is -3.03. The van der Waals surface area contributed by atoms with Crippen LogP contribution in [0.4, 0.5) is 0 Å². The average molecular weight is 502 g/mol. The summed E-state index contributed by atoms with van der Waals surface area (Å²) >= 11 is 0. The van der Waals surface area contributed by atoms with Crippen LogP contribution in [-0.2, 0) is 57.2 Å². The van der Waals surface area contributed by atoms with Crippen molar-refractivity contribution in [1.29, 1.82) is 0 Å². The maximum absolute atomic E-state index is 12.6. The van der Waals surface area contributed by atoms with Gasteiger partial charge >= 0.3 is 23.9 Å². The van der Waals surface area contributed by atoms with E-state index in [1.54, 1.807) is 19.1 Å². The van der Waals surface area contributed by atoms with Crippen molar-refractivity contribution in [3.05, 3.63) is 29.8 Å². The molecule has 1 aliphatic heterocycles. The Bertz CT molecular complexity index is 1020. The summed E-state index contributed by atoms with van der Waals surface area (Å²) in [6.45, 7) is 5.29. The lowest BCUT2D eigenvalue weighted by Crippen LogP contribution is -2.63. The molecule has 0 N–H and O–H groups in total. The lowest BCUT2D eigenvalue weighted by atomic mass is 9.98. The highest BCUT2D eigenvalue weighted by Gasteiger charge is 2.53. The summed E-state index contributed by atoms with van der Waals surface area (Å²) in [4.78, 5) is 46.6. The van der Waals surface area contributed by atoms with Crippen molar-refractivity contribution in [3.63, 3.8) is 0 Å². The molecule has 0 bridgehead atoms. The number of esters is 4. The third kappa shape index (κ3) is 7.50. The number of carbonyl (C=O) groups is 4. The average Bonchev–Trinajstić information content (AvgIpc) is 2.70. The zero-order valence-corrected chi connectivity index (χ0v) is 20.0. The molecule has 1 fully saturated rings. The van der Waals surface area contributed by atoms with E-state index in [4.69, 9.17) is 27.9 Å². The molecule has 2 rings (SSSR count).